The second kappa shape index (κ2) is 4.05. The molecule has 6 nitrogen and oxygen atoms in total. The number of anilines is 1. The molecular weight excluding hydrogens is 206 g/mol. The number of ether oxygens (including phenoxy) is 1. The highest BCUT2D eigenvalue weighted by molar-refractivity contribution is 5.82. The van der Waals surface area contributed by atoms with Crippen LogP contribution in [0.1, 0.15) is 13.8 Å². The minimum atomic E-state index is -0.193. The molecule has 0 amide bonds. The number of rotatable bonds is 4. The number of hydrogen-bond donors (Lipinski definition) is 2. The molecule has 2 rings (SSSR count). The molecule has 16 heavy (non-hydrogen) atoms. The molecule has 2 aromatic heterocycles. The monoisotopic (exact) mass is 221 g/mol. The zero-order chi connectivity index (χ0) is 11.6. The van der Waals surface area contributed by atoms with Crippen LogP contribution in [0.3, 0.4) is 0 Å². The lowest BCUT2D eigenvalue weighted by Crippen LogP contribution is -2.36. The summed E-state index contributed by atoms with van der Waals surface area (Å²) in [6, 6.07) is 0. The van der Waals surface area contributed by atoms with Gasteiger partial charge in [-0.15, -0.1) is 0 Å². The molecule has 0 fully saturated rings. The van der Waals surface area contributed by atoms with Crippen LogP contribution in [0.15, 0.2) is 12.7 Å². The van der Waals surface area contributed by atoms with Gasteiger partial charge in [0, 0.05) is 7.11 Å². The van der Waals surface area contributed by atoms with Gasteiger partial charge in [-0.2, -0.15) is 0 Å². The van der Waals surface area contributed by atoms with Gasteiger partial charge >= 0.3 is 0 Å². The van der Waals surface area contributed by atoms with Crippen molar-refractivity contribution >= 4 is 17.0 Å². The Morgan fingerprint density at radius 3 is 2.94 bits per heavy atom. The summed E-state index contributed by atoms with van der Waals surface area (Å²) in [5.74, 6) is 0.740. The molecule has 86 valence electrons. The quantitative estimate of drug-likeness (QED) is 0.811. The topological polar surface area (TPSA) is 75.7 Å². The van der Waals surface area contributed by atoms with Crippen molar-refractivity contribution in [1.82, 2.24) is 19.9 Å². The van der Waals surface area contributed by atoms with Crippen LogP contribution < -0.4 is 5.32 Å². The molecule has 0 atom stereocenters. The van der Waals surface area contributed by atoms with Crippen molar-refractivity contribution in [3.8, 4) is 0 Å². The number of H-pyrrole nitrogens is 1. The molecule has 0 aliphatic heterocycles. The Morgan fingerprint density at radius 1 is 1.38 bits per heavy atom. The summed E-state index contributed by atoms with van der Waals surface area (Å²) in [4.78, 5) is 15.3. The largest absolute Gasteiger partial charge is 0.382 e. The maximum Gasteiger partial charge on any atom is 0.182 e. The Balaban J connectivity index is 2.30. The van der Waals surface area contributed by atoms with Gasteiger partial charge < -0.3 is 15.0 Å². The number of hydrogen-bond acceptors (Lipinski definition) is 5. The van der Waals surface area contributed by atoms with Crippen molar-refractivity contribution in [2.75, 3.05) is 19.0 Å². The fourth-order valence-corrected chi connectivity index (χ4v) is 1.58. The molecule has 0 unspecified atom stereocenters. The molecule has 0 radical (unpaired) electrons. The summed E-state index contributed by atoms with van der Waals surface area (Å²) >= 11 is 0. The minimum Gasteiger partial charge on any atom is -0.382 e. The van der Waals surface area contributed by atoms with Gasteiger partial charge in [-0.05, 0) is 13.8 Å². The normalized spacial score (nSPS) is 11.9. The minimum absolute atomic E-state index is 0.193. The Labute approximate surface area is 93.5 Å². The van der Waals surface area contributed by atoms with Crippen molar-refractivity contribution in [3.05, 3.63) is 12.7 Å². The summed E-state index contributed by atoms with van der Waals surface area (Å²) < 4.78 is 5.14. The Bertz CT molecular complexity index is 479. The highest BCUT2D eigenvalue weighted by Crippen LogP contribution is 2.19. The zero-order valence-corrected chi connectivity index (χ0v) is 9.61. The number of aromatic nitrogens is 4. The van der Waals surface area contributed by atoms with Crippen molar-refractivity contribution < 1.29 is 4.74 Å². The van der Waals surface area contributed by atoms with Crippen molar-refractivity contribution in [1.29, 1.82) is 0 Å². The molecule has 0 aromatic carbocycles. The number of methoxy groups -OCH3 is 1. The molecule has 0 bridgehead atoms. The molecule has 2 N–H and O–H groups in total. The lowest BCUT2D eigenvalue weighted by Gasteiger charge is -2.25. The van der Waals surface area contributed by atoms with E-state index in [0.717, 1.165) is 11.3 Å². The van der Waals surface area contributed by atoms with Crippen LogP contribution >= 0.6 is 0 Å². The lowest BCUT2D eigenvalue weighted by atomic mass is 10.1. The smallest absolute Gasteiger partial charge is 0.182 e. The van der Waals surface area contributed by atoms with Gasteiger partial charge in [-0.1, -0.05) is 0 Å². The number of fused-ring (bicyclic) bond motifs is 1. The van der Waals surface area contributed by atoms with E-state index in [1.807, 2.05) is 13.8 Å². The van der Waals surface area contributed by atoms with E-state index in [0.29, 0.717) is 12.3 Å². The van der Waals surface area contributed by atoms with Crippen LogP contribution in [0.2, 0.25) is 0 Å². The fraction of sp³-hybridized carbons (Fsp3) is 0.500. The number of imidazole rings is 1. The predicted molar refractivity (Wildman–Crippen MR) is 61.3 cm³/mol. The number of nitrogens with zero attached hydrogens (tertiary/aromatic N) is 3. The van der Waals surface area contributed by atoms with Crippen LogP contribution in [0, 0.1) is 0 Å². The molecule has 0 saturated heterocycles. The maximum atomic E-state index is 5.14. The van der Waals surface area contributed by atoms with Gasteiger partial charge in [-0.3, -0.25) is 0 Å². The van der Waals surface area contributed by atoms with E-state index >= 15 is 0 Å². The zero-order valence-electron chi connectivity index (χ0n) is 9.61. The first kappa shape index (κ1) is 10.8. The predicted octanol–water partition coefficient (Wildman–Crippen LogP) is 1.19. The van der Waals surface area contributed by atoms with E-state index in [1.54, 1.807) is 13.4 Å². The van der Waals surface area contributed by atoms with Crippen LogP contribution in [0.25, 0.3) is 11.2 Å². The first-order valence-electron chi connectivity index (χ1n) is 5.03. The van der Waals surface area contributed by atoms with Crippen LogP contribution in [-0.2, 0) is 4.74 Å². The standard InChI is InChI=1S/C10H15N5O/c1-10(2,4-16-3)15-9-7-8(12-5-11-7)13-6-14-9/h5-6H,4H2,1-3H3,(H2,11,12,13,14,15). The average molecular weight is 221 g/mol. The Kier molecular flexibility index (Phi) is 2.74. The Hall–Kier alpha value is -1.69. The van der Waals surface area contributed by atoms with E-state index in [9.17, 15) is 0 Å². The molecular formula is C10H15N5O. The number of aromatic amines is 1. The summed E-state index contributed by atoms with van der Waals surface area (Å²) in [5, 5.41) is 3.30. The van der Waals surface area contributed by atoms with Gasteiger partial charge in [0.2, 0.25) is 0 Å². The fourth-order valence-electron chi connectivity index (χ4n) is 1.58. The van der Waals surface area contributed by atoms with Gasteiger partial charge in [0.1, 0.15) is 11.8 Å². The molecule has 0 saturated carbocycles. The second-order valence-electron chi connectivity index (χ2n) is 4.27. The van der Waals surface area contributed by atoms with Crippen LogP contribution in [-0.4, -0.2) is 39.2 Å². The molecule has 0 aliphatic rings. The highest BCUT2D eigenvalue weighted by Gasteiger charge is 2.19. The third-order valence-electron chi connectivity index (χ3n) is 2.18. The third-order valence-corrected chi connectivity index (χ3v) is 2.18. The summed E-state index contributed by atoms with van der Waals surface area (Å²) in [7, 11) is 1.68. The van der Waals surface area contributed by atoms with E-state index in [4.69, 9.17) is 4.74 Å². The summed E-state index contributed by atoms with van der Waals surface area (Å²) in [6.07, 6.45) is 3.10. The van der Waals surface area contributed by atoms with Crippen LogP contribution in [0.4, 0.5) is 5.82 Å². The molecule has 0 aliphatic carbocycles. The first-order chi connectivity index (χ1) is 7.62. The lowest BCUT2D eigenvalue weighted by molar-refractivity contribution is 0.158. The van der Waals surface area contributed by atoms with Gasteiger partial charge in [-0.25, -0.2) is 15.0 Å². The SMILES string of the molecule is COCC(C)(C)Nc1ncnc2nc[nH]c12. The van der Waals surface area contributed by atoms with E-state index < -0.39 is 0 Å². The van der Waals surface area contributed by atoms with E-state index in [1.165, 1.54) is 6.33 Å². The van der Waals surface area contributed by atoms with Crippen molar-refractivity contribution in [2.24, 2.45) is 0 Å². The maximum absolute atomic E-state index is 5.14. The highest BCUT2D eigenvalue weighted by atomic mass is 16.5. The molecule has 0 spiro atoms. The van der Waals surface area contributed by atoms with Gasteiger partial charge in [0.25, 0.3) is 0 Å². The van der Waals surface area contributed by atoms with Crippen molar-refractivity contribution in [2.45, 2.75) is 19.4 Å². The van der Waals surface area contributed by atoms with E-state index in [-0.39, 0.29) is 5.54 Å². The summed E-state index contributed by atoms with van der Waals surface area (Å²) in [6.45, 7) is 4.67. The number of nitrogens with one attached hydrogen (secondary N) is 2. The van der Waals surface area contributed by atoms with Crippen LogP contribution in [0.5, 0.6) is 0 Å². The first-order valence-corrected chi connectivity index (χ1v) is 5.03. The van der Waals surface area contributed by atoms with Gasteiger partial charge in [0.15, 0.2) is 11.5 Å². The molecule has 2 heterocycles. The van der Waals surface area contributed by atoms with Gasteiger partial charge in [0.05, 0.1) is 18.5 Å². The van der Waals surface area contributed by atoms with Crippen molar-refractivity contribution in [3.63, 3.8) is 0 Å². The third kappa shape index (κ3) is 2.11. The molecule has 2 aromatic rings. The summed E-state index contributed by atoms with van der Waals surface area (Å²) in [5.41, 5.74) is 1.28. The Morgan fingerprint density at radius 2 is 2.19 bits per heavy atom. The average Bonchev–Trinajstić information content (AvgIpc) is 2.65. The van der Waals surface area contributed by atoms with E-state index in [2.05, 4.69) is 25.3 Å². The second-order valence-corrected chi connectivity index (χ2v) is 4.27. The molecule has 6 heteroatoms.